The van der Waals surface area contributed by atoms with Crippen LogP contribution >= 0.6 is 0 Å². The van der Waals surface area contributed by atoms with E-state index in [0.717, 1.165) is 0 Å². The second kappa shape index (κ2) is 7.48. The van der Waals surface area contributed by atoms with Gasteiger partial charge in [-0.15, -0.1) is 0 Å². The number of hydrogen-bond donors (Lipinski definition) is 2. The van der Waals surface area contributed by atoms with E-state index in [-0.39, 0.29) is 5.91 Å². The van der Waals surface area contributed by atoms with Crippen LogP contribution in [-0.2, 0) is 0 Å². The monoisotopic (exact) mass is 268 g/mol. The second-order valence-corrected chi connectivity index (χ2v) is 3.66. The highest BCUT2D eigenvalue weighted by molar-refractivity contribution is 5.95. The number of rotatable bonds is 7. The Labute approximate surface area is 113 Å². The van der Waals surface area contributed by atoms with Crippen molar-refractivity contribution >= 4 is 5.91 Å². The van der Waals surface area contributed by atoms with Gasteiger partial charge in [-0.2, -0.15) is 0 Å². The van der Waals surface area contributed by atoms with Crippen molar-refractivity contribution < 1.29 is 19.0 Å². The third-order valence-electron chi connectivity index (χ3n) is 2.39. The fourth-order valence-corrected chi connectivity index (χ4v) is 1.55. The van der Waals surface area contributed by atoms with E-state index in [2.05, 4.69) is 10.6 Å². The van der Waals surface area contributed by atoms with E-state index in [9.17, 15) is 4.79 Å². The van der Waals surface area contributed by atoms with E-state index in [1.807, 2.05) is 6.92 Å². The zero-order chi connectivity index (χ0) is 14.3. The molecule has 0 saturated carbocycles. The summed E-state index contributed by atoms with van der Waals surface area (Å²) in [5.41, 5.74) is 0.458. The molecular formula is C13H20N2O4. The first-order valence-corrected chi connectivity index (χ1v) is 6.02. The minimum absolute atomic E-state index is 0.209. The van der Waals surface area contributed by atoms with Crippen molar-refractivity contribution in [1.82, 2.24) is 10.6 Å². The van der Waals surface area contributed by atoms with E-state index >= 15 is 0 Å². The van der Waals surface area contributed by atoms with Gasteiger partial charge in [-0.25, -0.2) is 0 Å². The normalized spacial score (nSPS) is 9.89. The van der Waals surface area contributed by atoms with Crippen molar-refractivity contribution in [3.63, 3.8) is 0 Å². The average Bonchev–Trinajstić information content (AvgIpc) is 2.44. The van der Waals surface area contributed by atoms with E-state index in [0.29, 0.717) is 36.1 Å². The Kier molecular flexibility index (Phi) is 5.95. The van der Waals surface area contributed by atoms with Crippen molar-refractivity contribution in [2.24, 2.45) is 0 Å². The van der Waals surface area contributed by atoms with Crippen LogP contribution in [0.15, 0.2) is 12.1 Å². The summed E-state index contributed by atoms with van der Waals surface area (Å²) in [5.74, 6) is 1.21. The molecule has 0 radical (unpaired) electrons. The van der Waals surface area contributed by atoms with E-state index in [4.69, 9.17) is 14.2 Å². The molecule has 1 rings (SSSR count). The standard InChI is InChI=1S/C13H20N2O4/c1-5-18-11-7-9(13(16)15-3)6-10(17-4)12(11)19-8-14-2/h6-7,14H,5,8H2,1-4H3,(H,15,16). The van der Waals surface area contributed by atoms with Crippen LogP contribution in [0.3, 0.4) is 0 Å². The van der Waals surface area contributed by atoms with Crippen LogP contribution in [0.2, 0.25) is 0 Å². The molecule has 0 spiro atoms. The molecule has 0 saturated heterocycles. The van der Waals surface area contributed by atoms with Crippen molar-refractivity contribution in [2.45, 2.75) is 6.92 Å². The highest BCUT2D eigenvalue weighted by Crippen LogP contribution is 2.38. The molecule has 6 heteroatoms. The molecule has 0 aliphatic heterocycles. The zero-order valence-electron chi connectivity index (χ0n) is 11.7. The van der Waals surface area contributed by atoms with Crippen LogP contribution in [0, 0.1) is 0 Å². The Hall–Kier alpha value is -1.95. The van der Waals surface area contributed by atoms with Crippen LogP contribution in [0.25, 0.3) is 0 Å². The molecule has 0 atom stereocenters. The predicted molar refractivity (Wildman–Crippen MR) is 72.1 cm³/mol. The Morgan fingerprint density at radius 3 is 2.42 bits per heavy atom. The topological polar surface area (TPSA) is 68.8 Å². The van der Waals surface area contributed by atoms with Gasteiger partial charge in [0.1, 0.15) is 6.73 Å². The number of carbonyl (C=O) groups excluding carboxylic acids is 1. The largest absolute Gasteiger partial charge is 0.493 e. The summed E-state index contributed by atoms with van der Waals surface area (Å²) in [6, 6.07) is 3.25. The lowest BCUT2D eigenvalue weighted by Gasteiger charge is -2.16. The molecule has 0 heterocycles. The van der Waals surface area contributed by atoms with Gasteiger partial charge in [0.25, 0.3) is 5.91 Å². The first-order valence-electron chi connectivity index (χ1n) is 6.02. The molecule has 1 aromatic rings. The quantitative estimate of drug-likeness (QED) is 0.722. The molecule has 0 unspecified atom stereocenters. The number of nitrogens with one attached hydrogen (secondary N) is 2. The van der Waals surface area contributed by atoms with E-state index < -0.39 is 0 Å². The molecule has 0 aliphatic rings. The van der Waals surface area contributed by atoms with Crippen molar-refractivity contribution in [1.29, 1.82) is 0 Å². The van der Waals surface area contributed by atoms with E-state index in [1.54, 1.807) is 26.2 Å². The fraction of sp³-hybridized carbons (Fsp3) is 0.462. The Balaban J connectivity index is 3.22. The lowest BCUT2D eigenvalue weighted by atomic mass is 10.1. The van der Waals surface area contributed by atoms with Crippen LogP contribution in [-0.4, -0.2) is 40.5 Å². The van der Waals surface area contributed by atoms with Gasteiger partial charge in [0.15, 0.2) is 11.5 Å². The minimum Gasteiger partial charge on any atom is -0.493 e. The van der Waals surface area contributed by atoms with Crippen LogP contribution in [0.5, 0.6) is 17.2 Å². The Bertz CT molecular complexity index is 435. The molecule has 0 bridgehead atoms. The van der Waals surface area contributed by atoms with Gasteiger partial charge in [-0.05, 0) is 26.1 Å². The van der Waals surface area contributed by atoms with Gasteiger partial charge in [-0.1, -0.05) is 0 Å². The highest BCUT2D eigenvalue weighted by atomic mass is 16.5. The second-order valence-electron chi connectivity index (χ2n) is 3.66. The van der Waals surface area contributed by atoms with Gasteiger partial charge in [0, 0.05) is 12.6 Å². The number of ether oxygens (including phenoxy) is 3. The Morgan fingerprint density at radius 2 is 1.89 bits per heavy atom. The van der Waals surface area contributed by atoms with Crippen molar-refractivity contribution in [3.05, 3.63) is 17.7 Å². The molecule has 2 N–H and O–H groups in total. The maximum absolute atomic E-state index is 11.7. The van der Waals surface area contributed by atoms with Gasteiger partial charge < -0.3 is 19.5 Å². The summed E-state index contributed by atoms with van der Waals surface area (Å²) in [6.07, 6.45) is 0. The summed E-state index contributed by atoms with van der Waals surface area (Å²) < 4.78 is 16.3. The molecule has 0 fully saturated rings. The van der Waals surface area contributed by atoms with Crippen LogP contribution in [0.1, 0.15) is 17.3 Å². The van der Waals surface area contributed by atoms with Gasteiger partial charge in [-0.3, -0.25) is 10.1 Å². The van der Waals surface area contributed by atoms with Crippen molar-refractivity contribution in [2.75, 3.05) is 34.5 Å². The zero-order valence-corrected chi connectivity index (χ0v) is 11.7. The maximum Gasteiger partial charge on any atom is 0.251 e. The van der Waals surface area contributed by atoms with Crippen LogP contribution in [0.4, 0.5) is 0 Å². The Morgan fingerprint density at radius 1 is 1.21 bits per heavy atom. The lowest BCUT2D eigenvalue weighted by molar-refractivity contribution is 0.0962. The van der Waals surface area contributed by atoms with Gasteiger partial charge in [0.2, 0.25) is 5.75 Å². The highest BCUT2D eigenvalue weighted by Gasteiger charge is 2.17. The summed E-state index contributed by atoms with van der Waals surface area (Å²) in [7, 11) is 4.86. The van der Waals surface area contributed by atoms with Gasteiger partial charge >= 0.3 is 0 Å². The minimum atomic E-state index is -0.209. The molecule has 106 valence electrons. The molecule has 1 aromatic carbocycles. The van der Waals surface area contributed by atoms with Crippen LogP contribution < -0.4 is 24.8 Å². The predicted octanol–water partition coefficient (Wildman–Crippen LogP) is 1.01. The number of amides is 1. The van der Waals surface area contributed by atoms with E-state index in [1.165, 1.54) is 7.11 Å². The SMILES string of the molecule is CCOc1cc(C(=O)NC)cc(OC)c1OCNC. The lowest BCUT2D eigenvalue weighted by Crippen LogP contribution is -2.19. The van der Waals surface area contributed by atoms with Crippen molar-refractivity contribution in [3.8, 4) is 17.2 Å². The average molecular weight is 268 g/mol. The molecule has 0 aliphatic carbocycles. The number of methoxy groups -OCH3 is 1. The van der Waals surface area contributed by atoms with Gasteiger partial charge in [0.05, 0.1) is 13.7 Å². The number of carbonyl (C=O) groups is 1. The fourth-order valence-electron chi connectivity index (χ4n) is 1.55. The molecule has 0 aromatic heterocycles. The number of benzene rings is 1. The smallest absolute Gasteiger partial charge is 0.251 e. The molecule has 19 heavy (non-hydrogen) atoms. The first-order chi connectivity index (χ1) is 9.17. The maximum atomic E-state index is 11.7. The molecular weight excluding hydrogens is 248 g/mol. The summed E-state index contributed by atoms with van der Waals surface area (Å²) >= 11 is 0. The third-order valence-corrected chi connectivity index (χ3v) is 2.39. The number of hydrogen-bond acceptors (Lipinski definition) is 5. The molecule has 1 amide bonds. The summed E-state index contributed by atoms with van der Waals surface area (Å²) in [5, 5.41) is 5.43. The molecule has 6 nitrogen and oxygen atoms in total. The first kappa shape index (κ1) is 15.1. The summed E-state index contributed by atoms with van der Waals surface area (Å²) in [6.45, 7) is 2.65. The third kappa shape index (κ3) is 3.75. The summed E-state index contributed by atoms with van der Waals surface area (Å²) in [4.78, 5) is 11.7.